The highest BCUT2D eigenvalue weighted by Gasteiger charge is 2.03. The van der Waals surface area contributed by atoms with Gasteiger partial charge >= 0.3 is 0 Å². The van der Waals surface area contributed by atoms with Crippen molar-refractivity contribution in [3.05, 3.63) is 35.4 Å². The van der Waals surface area contributed by atoms with Crippen LogP contribution in [0, 0.1) is 11.6 Å². The molecular formula is C10H11ClF2S. The van der Waals surface area contributed by atoms with Gasteiger partial charge < -0.3 is 0 Å². The largest absolute Gasteiger partial charge is 0.207 e. The smallest absolute Gasteiger partial charge is 0.130 e. The van der Waals surface area contributed by atoms with Crippen molar-refractivity contribution >= 4 is 23.4 Å². The van der Waals surface area contributed by atoms with Gasteiger partial charge in [-0.25, -0.2) is 8.78 Å². The molecule has 0 saturated heterocycles. The van der Waals surface area contributed by atoms with E-state index in [2.05, 4.69) is 0 Å². The van der Waals surface area contributed by atoms with E-state index in [9.17, 15) is 8.78 Å². The van der Waals surface area contributed by atoms with Crippen molar-refractivity contribution in [2.24, 2.45) is 0 Å². The van der Waals surface area contributed by atoms with E-state index >= 15 is 0 Å². The number of rotatable bonds is 5. The van der Waals surface area contributed by atoms with E-state index in [0.717, 1.165) is 18.2 Å². The Kier molecular flexibility index (Phi) is 5.26. The lowest BCUT2D eigenvalue weighted by atomic mass is 10.2. The van der Waals surface area contributed by atoms with E-state index in [-0.39, 0.29) is 0 Å². The van der Waals surface area contributed by atoms with Crippen molar-refractivity contribution in [1.29, 1.82) is 0 Å². The third-order valence-corrected chi connectivity index (χ3v) is 3.05. The van der Waals surface area contributed by atoms with Crippen molar-refractivity contribution in [1.82, 2.24) is 0 Å². The summed E-state index contributed by atoms with van der Waals surface area (Å²) in [7, 11) is 0. The van der Waals surface area contributed by atoms with E-state index in [1.165, 1.54) is 12.1 Å². The molecule has 0 amide bonds. The Morgan fingerprint density at radius 2 is 2.07 bits per heavy atom. The van der Waals surface area contributed by atoms with E-state index < -0.39 is 11.6 Å². The van der Waals surface area contributed by atoms with Crippen LogP contribution in [0.4, 0.5) is 8.78 Å². The zero-order valence-corrected chi connectivity index (χ0v) is 9.18. The van der Waals surface area contributed by atoms with Crippen LogP contribution in [-0.2, 0) is 5.75 Å². The van der Waals surface area contributed by atoms with Crippen molar-refractivity contribution in [3.8, 4) is 0 Å². The third kappa shape index (κ3) is 3.84. The highest BCUT2D eigenvalue weighted by Crippen LogP contribution is 2.17. The summed E-state index contributed by atoms with van der Waals surface area (Å²) >= 11 is 7.10. The minimum Gasteiger partial charge on any atom is -0.207 e. The quantitative estimate of drug-likeness (QED) is 0.553. The molecule has 0 radical (unpaired) electrons. The van der Waals surface area contributed by atoms with Crippen molar-refractivity contribution < 1.29 is 8.78 Å². The Labute approximate surface area is 91.6 Å². The molecule has 0 bridgehead atoms. The first-order valence-corrected chi connectivity index (χ1v) is 6.00. The number of hydrogen-bond donors (Lipinski definition) is 0. The molecule has 0 fully saturated rings. The molecule has 0 atom stereocenters. The number of hydrogen-bond acceptors (Lipinski definition) is 1. The van der Waals surface area contributed by atoms with Gasteiger partial charge in [0.2, 0.25) is 0 Å². The fourth-order valence-corrected chi connectivity index (χ4v) is 2.22. The molecule has 0 N–H and O–H groups in total. The lowest BCUT2D eigenvalue weighted by Gasteiger charge is -2.02. The van der Waals surface area contributed by atoms with Gasteiger partial charge in [0.05, 0.1) is 0 Å². The Morgan fingerprint density at radius 3 is 2.71 bits per heavy atom. The molecule has 0 aromatic heterocycles. The molecular weight excluding hydrogens is 226 g/mol. The molecule has 78 valence electrons. The first kappa shape index (κ1) is 11.8. The van der Waals surface area contributed by atoms with Crippen LogP contribution in [0.25, 0.3) is 0 Å². The summed E-state index contributed by atoms with van der Waals surface area (Å²) in [6.07, 6.45) is 0.912. The van der Waals surface area contributed by atoms with E-state index in [4.69, 9.17) is 11.6 Å². The summed E-state index contributed by atoms with van der Waals surface area (Å²) < 4.78 is 25.6. The van der Waals surface area contributed by atoms with Crippen LogP contribution >= 0.6 is 23.4 Å². The molecule has 1 rings (SSSR count). The van der Waals surface area contributed by atoms with Gasteiger partial charge in [-0.15, -0.1) is 11.6 Å². The zero-order valence-electron chi connectivity index (χ0n) is 7.60. The van der Waals surface area contributed by atoms with Crippen LogP contribution in [0.1, 0.15) is 12.0 Å². The van der Waals surface area contributed by atoms with Crippen LogP contribution in [0.3, 0.4) is 0 Å². The Hall–Kier alpha value is -0.280. The predicted octanol–water partition coefficient (Wildman–Crippen LogP) is 3.83. The summed E-state index contributed by atoms with van der Waals surface area (Å²) in [5.74, 6) is 1.10. The summed E-state index contributed by atoms with van der Waals surface area (Å²) in [5, 5.41) is 0. The van der Waals surface area contributed by atoms with Gasteiger partial charge in [-0.1, -0.05) is 6.07 Å². The number of thioether (sulfide) groups is 1. The number of benzene rings is 1. The van der Waals surface area contributed by atoms with Gasteiger partial charge in [-0.05, 0) is 23.8 Å². The van der Waals surface area contributed by atoms with Crippen LogP contribution < -0.4 is 0 Å². The van der Waals surface area contributed by atoms with E-state index in [1.807, 2.05) is 0 Å². The lowest BCUT2D eigenvalue weighted by Crippen LogP contribution is -1.90. The standard InChI is InChI=1S/C10H11ClF2S/c11-4-1-5-14-7-8-2-3-9(12)6-10(8)13/h2-3,6H,1,4-5,7H2. The third-order valence-electron chi connectivity index (χ3n) is 1.69. The van der Waals surface area contributed by atoms with Crippen LogP contribution in [0.5, 0.6) is 0 Å². The maximum absolute atomic E-state index is 13.1. The maximum atomic E-state index is 13.1. The summed E-state index contributed by atoms with van der Waals surface area (Å²) in [6, 6.07) is 3.68. The van der Waals surface area contributed by atoms with Crippen molar-refractivity contribution in [3.63, 3.8) is 0 Å². The average Bonchev–Trinajstić information content (AvgIpc) is 2.15. The van der Waals surface area contributed by atoms with Crippen molar-refractivity contribution in [2.45, 2.75) is 12.2 Å². The van der Waals surface area contributed by atoms with Gasteiger partial charge in [0.1, 0.15) is 11.6 Å². The molecule has 0 heterocycles. The molecule has 0 nitrogen and oxygen atoms in total. The monoisotopic (exact) mass is 236 g/mol. The van der Waals surface area contributed by atoms with Gasteiger partial charge in [0, 0.05) is 17.7 Å². The maximum Gasteiger partial charge on any atom is 0.130 e. The Bertz CT molecular complexity index is 291. The summed E-state index contributed by atoms with van der Waals surface area (Å²) in [5.41, 5.74) is 0.547. The Balaban J connectivity index is 2.42. The lowest BCUT2D eigenvalue weighted by molar-refractivity contribution is 0.576. The molecule has 0 unspecified atom stereocenters. The molecule has 0 spiro atoms. The Morgan fingerprint density at radius 1 is 1.29 bits per heavy atom. The second-order valence-corrected chi connectivity index (χ2v) is 4.31. The predicted molar refractivity (Wildman–Crippen MR) is 57.9 cm³/mol. The molecule has 0 aliphatic carbocycles. The van der Waals surface area contributed by atoms with Crippen LogP contribution in [-0.4, -0.2) is 11.6 Å². The first-order chi connectivity index (χ1) is 6.74. The van der Waals surface area contributed by atoms with Crippen molar-refractivity contribution in [2.75, 3.05) is 11.6 Å². The molecule has 1 aromatic rings. The number of alkyl halides is 1. The van der Waals surface area contributed by atoms with Gasteiger partial charge in [0.25, 0.3) is 0 Å². The normalized spacial score (nSPS) is 10.5. The van der Waals surface area contributed by atoms with Crippen LogP contribution in [0.2, 0.25) is 0 Å². The van der Waals surface area contributed by atoms with Crippen LogP contribution in [0.15, 0.2) is 18.2 Å². The second kappa shape index (κ2) is 6.25. The molecule has 14 heavy (non-hydrogen) atoms. The minimum atomic E-state index is -0.531. The number of halogens is 3. The molecule has 0 aliphatic heterocycles. The van der Waals surface area contributed by atoms with E-state index in [1.54, 1.807) is 11.8 Å². The second-order valence-electron chi connectivity index (χ2n) is 2.83. The molecule has 1 aromatic carbocycles. The summed E-state index contributed by atoms with van der Waals surface area (Å²) in [6.45, 7) is 0. The highest BCUT2D eigenvalue weighted by atomic mass is 35.5. The summed E-state index contributed by atoms with van der Waals surface area (Å²) in [4.78, 5) is 0. The van der Waals surface area contributed by atoms with E-state index in [0.29, 0.717) is 17.2 Å². The van der Waals surface area contributed by atoms with Gasteiger partial charge in [-0.2, -0.15) is 11.8 Å². The minimum absolute atomic E-state index is 0.469. The molecule has 0 saturated carbocycles. The molecule has 0 aliphatic rings. The highest BCUT2D eigenvalue weighted by molar-refractivity contribution is 7.98. The molecule has 4 heteroatoms. The SMILES string of the molecule is Fc1ccc(CSCCCCl)c(F)c1. The topological polar surface area (TPSA) is 0 Å². The van der Waals surface area contributed by atoms with Gasteiger partial charge in [-0.3, -0.25) is 0 Å². The average molecular weight is 237 g/mol. The van der Waals surface area contributed by atoms with Gasteiger partial charge in [0.15, 0.2) is 0 Å². The first-order valence-electron chi connectivity index (χ1n) is 4.31. The zero-order chi connectivity index (χ0) is 10.4. The fraction of sp³-hybridized carbons (Fsp3) is 0.400. The fourth-order valence-electron chi connectivity index (χ4n) is 0.977.